The van der Waals surface area contributed by atoms with E-state index in [9.17, 15) is 14.4 Å². The van der Waals surface area contributed by atoms with Crippen LogP contribution in [0.2, 0.25) is 0 Å². The lowest BCUT2D eigenvalue weighted by atomic mass is 10.0. The highest BCUT2D eigenvalue weighted by atomic mass is 16.2. The summed E-state index contributed by atoms with van der Waals surface area (Å²) in [7, 11) is 0. The molecule has 2 fully saturated rings. The van der Waals surface area contributed by atoms with Crippen molar-refractivity contribution < 1.29 is 14.4 Å². The van der Waals surface area contributed by atoms with Crippen LogP contribution in [0.3, 0.4) is 0 Å². The molecule has 1 aromatic carbocycles. The summed E-state index contributed by atoms with van der Waals surface area (Å²) < 4.78 is 0. The molecule has 3 heterocycles. The second-order valence-electron chi connectivity index (χ2n) is 7.73. The van der Waals surface area contributed by atoms with Crippen molar-refractivity contribution in [2.24, 2.45) is 0 Å². The first-order valence-corrected chi connectivity index (χ1v) is 9.75. The number of fused-ring (bicyclic) bond motifs is 1. The second kappa shape index (κ2) is 7.40. The lowest BCUT2D eigenvalue weighted by Crippen LogP contribution is -2.52. The van der Waals surface area contributed by atoms with Crippen molar-refractivity contribution in [2.75, 3.05) is 19.6 Å². The van der Waals surface area contributed by atoms with Crippen LogP contribution < -0.4 is 10.6 Å². The third kappa shape index (κ3) is 3.49. The number of piperidine rings is 1. The first kappa shape index (κ1) is 18.1. The third-order valence-electron chi connectivity index (χ3n) is 5.87. The summed E-state index contributed by atoms with van der Waals surface area (Å²) in [5, 5.41) is 5.80. The van der Waals surface area contributed by atoms with Crippen LogP contribution in [0.25, 0.3) is 0 Å². The van der Waals surface area contributed by atoms with Gasteiger partial charge in [-0.15, -0.1) is 0 Å². The van der Waals surface area contributed by atoms with Crippen molar-refractivity contribution in [1.82, 2.24) is 20.4 Å². The first-order chi connectivity index (χ1) is 13.0. The van der Waals surface area contributed by atoms with Crippen LogP contribution in [0.1, 0.15) is 47.7 Å². The first-order valence-electron chi connectivity index (χ1n) is 9.75. The van der Waals surface area contributed by atoms with Crippen LogP contribution in [0.4, 0.5) is 0 Å². The van der Waals surface area contributed by atoms with Crippen LogP contribution >= 0.6 is 0 Å². The Morgan fingerprint density at radius 1 is 1.22 bits per heavy atom. The molecule has 0 spiro atoms. The fourth-order valence-corrected chi connectivity index (χ4v) is 4.34. The Morgan fingerprint density at radius 3 is 2.89 bits per heavy atom. The van der Waals surface area contributed by atoms with Crippen LogP contribution in [-0.2, 0) is 22.7 Å². The van der Waals surface area contributed by atoms with Crippen molar-refractivity contribution in [3.8, 4) is 0 Å². The Hall–Kier alpha value is -2.25. The number of imide groups is 1. The van der Waals surface area contributed by atoms with Gasteiger partial charge in [0, 0.05) is 44.2 Å². The van der Waals surface area contributed by atoms with Crippen LogP contribution in [-0.4, -0.2) is 59.2 Å². The van der Waals surface area contributed by atoms with Crippen molar-refractivity contribution >= 4 is 17.7 Å². The molecule has 2 unspecified atom stereocenters. The summed E-state index contributed by atoms with van der Waals surface area (Å²) >= 11 is 0. The molecule has 3 aliphatic heterocycles. The molecular formula is C20H26N4O3. The normalized spacial score (nSPS) is 26.7. The summed E-state index contributed by atoms with van der Waals surface area (Å²) in [4.78, 5) is 40.9. The zero-order chi connectivity index (χ0) is 19.0. The molecule has 7 heteroatoms. The Kier molecular flexibility index (Phi) is 4.97. The van der Waals surface area contributed by atoms with Gasteiger partial charge in [0.15, 0.2) is 0 Å². The molecule has 2 atom stereocenters. The lowest BCUT2D eigenvalue weighted by Gasteiger charge is -2.29. The molecule has 27 heavy (non-hydrogen) atoms. The zero-order valence-electron chi connectivity index (χ0n) is 15.7. The van der Waals surface area contributed by atoms with E-state index in [1.807, 2.05) is 18.2 Å². The fourth-order valence-electron chi connectivity index (χ4n) is 4.34. The molecule has 0 saturated carbocycles. The highest BCUT2D eigenvalue weighted by Gasteiger charge is 2.40. The monoisotopic (exact) mass is 370 g/mol. The molecule has 7 nitrogen and oxygen atoms in total. The average molecular weight is 370 g/mol. The number of hydrogen-bond acceptors (Lipinski definition) is 5. The van der Waals surface area contributed by atoms with E-state index in [2.05, 4.69) is 22.5 Å². The van der Waals surface area contributed by atoms with Crippen molar-refractivity contribution in [2.45, 2.75) is 51.4 Å². The van der Waals surface area contributed by atoms with Gasteiger partial charge < -0.3 is 10.2 Å². The van der Waals surface area contributed by atoms with Crippen LogP contribution in [0.5, 0.6) is 0 Å². The summed E-state index contributed by atoms with van der Waals surface area (Å²) in [5.41, 5.74) is 2.75. The van der Waals surface area contributed by atoms with E-state index in [1.165, 1.54) is 0 Å². The van der Waals surface area contributed by atoms with Gasteiger partial charge >= 0.3 is 0 Å². The molecule has 0 aromatic heterocycles. The SMILES string of the molecule is CC1CNCCCN1Cc1cccc2c1C(=O)N(C1CCC(=O)NC1=O)C2. The van der Waals surface area contributed by atoms with E-state index in [0.29, 0.717) is 19.0 Å². The van der Waals surface area contributed by atoms with Gasteiger partial charge in [0.25, 0.3) is 5.91 Å². The number of hydrogen-bond donors (Lipinski definition) is 2. The molecule has 3 amide bonds. The summed E-state index contributed by atoms with van der Waals surface area (Å²) in [6.07, 6.45) is 1.77. The third-order valence-corrected chi connectivity index (χ3v) is 5.87. The minimum Gasteiger partial charge on any atom is -0.322 e. The molecule has 0 aliphatic carbocycles. The predicted molar refractivity (Wildman–Crippen MR) is 99.8 cm³/mol. The van der Waals surface area contributed by atoms with Gasteiger partial charge in [-0.3, -0.25) is 24.6 Å². The zero-order valence-corrected chi connectivity index (χ0v) is 15.7. The van der Waals surface area contributed by atoms with E-state index in [1.54, 1.807) is 4.90 Å². The predicted octanol–water partition coefficient (Wildman–Crippen LogP) is 0.631. The molecular weight excluding hydrogens is 344 g/mol. The number of nitrogens with one attached hydrogen (secondary N) is 2. The Balaban J connectivity index is 1.56. The number of nitrogens with zero attached hydrogens (tertiary/aromatic N) is 2. The number of carbonyl (C=O) groups excluding carboxylic acids is 3. The maximum Gasteiger partial charge on any atom is 0.255 e. The van der Waals surface area contributed by atoms with Crippen molar-refractivity contribution in [3.63, 3.8) is 0 Å². The Morgan fingerprint density at radius 2 is 2.07 bits per heavy atom. The number of amides is 3. The molecule has 3 aliphatic rings. The molecule has 0 radical (unpaired) electrons. The van der Waals surface area contributed by atoms with E-state index < -0.39 is 6.04 Å². The van der Waals surface area contributed by atoms with E-state index in [4.69, 9.17) is 0 Å². The van der Waals surface area contributed by atoms with Gasteiger partial charge in [0.2, 0.25) is 11.8 Å². The standard InChI is InChI=1S/C20H26N4O3/c1-13-10-21-8-3-9-23(13)11-14-4-2-5-15-12-24(20(27)18(14)15)16-6-7-17(25)22-19(16)26/h2,4-5,13,16,21H,3,6-12H2,1H3,(H,22,25,26). The van der Waals surface area contributed by atoms with Crippen LogP contribution in [0.15, 0.2) is 18.2 Å². The molecule has 2 saturated heterocycles. The van der Waals surface area contributed by atoms with Crippen LogP contribution in [0, 0.1) is 0 Å². The van der Waals surface area contributed by atoms with E-state index in [-0.39, 0.29) is 24.1 Å². The Bertz CT molecular complexity index is 778. The Labute approximate surface area is 159 Å². The molecule has 144 valence electrons. The van der Waals surface area contributed by atoms with E-state index in [0.717, 1.165) is 49.3 Å². The van der Waals surface area contributed by atoms with Gasteiger partial charge in [-0.1, -0.05) is 18.2 Å². The van der Waals surface area contributed by atoms with Gasteiger partial charge in [-0.05, 0) is 37.4 Å². The quantitative estimate of drug-likeness (QED) is 0.763. The summed E-state index contributed by atoms with van der Waals surface area (Å²) in [6, 6.07) is 5.84. The molecule has 0 bridgehead atoms. The van der Waals surface area contributed by atoms with Gasteiger partial charge in [0.05, 0.1) is 0 Å². The topological polar surface area (TPSA) is 81.8 Å². The van der Waals surface area contributed by atoms with Gasteiger partial charge in [-0.2, -0.15) is 0 Å². The van der Waals surface area contributed by atoms with Gasteiger partial charge in [-0.25, -0.2) is 0 Å². The minimum atomic E-state index is -0.559. The van der Waals surface area contributed by atoms with Crippen molar-refractivity contribution in [3.05, 3.63) is 34.9 Å². The molecule has 1 aromatic rings. The molecule has 2 N–H and O–H groups in total. The summed E-state index contributed by atoms with van der Waals surface area (Å²) in [5.74, 6) is -0.707. The number of carbonyl (C=O) groups is 3. The minimum absolute atomic E-state index is 0.0873. The molecule has 4 rings (SSSR count). The largest absolute Gasteiger partial charge is 0.322 e. The fraction of sp³-hybridized carbons (Fsp3) is 0.550. The lowest BCUT2D eigenvalue weighted by molar-refractivity contribution is -0.136. The average Bonchev–Trinajstić information content (AvgIpc) is 2.84. The highest BCUT2D eigenvalue weighted by molar-refractivity contribution is 6.05. The number of rotatable bonds is 3. The smallest absolute Gasteiger partial charge is 0.255 e. The second-order valence-corrected chi connectivity index (χ2v) is 7.73. The highest BCUT2D eigenvalue weighted by Crippen LogP contribution is 2.30. The maximum absolute atomic E-state index is 13.2. The maximum atomic E-state index is 13.2. The van der Waals surface area contributed by atoms with Gasteiger partial charge in [0.1, 0.15) is 6.04 Å². The summed E-state index contributed by atoms with van der Waals surface area (Å²) in [6.45, 7) is 6.36. The van der Waals surface area contributed by atoms with E-state index >= 15 is 0 Å². The van der Waals surface area contributed by atoms with Crippen molar-refractivity contribution in [1.29, 1.82) is 0 Å². The number of benzene rings is 1.